The molecule has 1 aromatic rings. The highest BCUT2D eigenvalue weighted by molar-refractivity contribution is 5.23. The predicted octanol–water partition coefficient (Wildman–Crippen LogP) is 2.13. The van der Waals surface area contributed by atoms with Crippen LogP contribution in [0.5, 0.6) is 0 Å². The number of alkyl halides is 3. The van der Waals surface area contributed by atoms with Gasteiger partial charge in [0, 0.05) is 19.3 Å². The molecule has 0 spiro atoms. The van der Waals surface area contributed by atoms with Crippen molar-refractivity contribution in [1.82, 2.24) is 14.7 Å². The van der Waals surface area contributed by atoms with E-state index in [1.54, 1.807) is 16.9 Å². The van der Waals surface area contributed by atoms with Gasteiger partial charge in [-0.3, -0.25) is 9.58 Å². The van der Waals surface area contributed by atoms with Crippen molar-refractivity contribution in [2.75, 3.05) is 25.4 Å². The van der Waals surface area contributed by atoms with Gasteiger partial charge in [-0.25, -0.2) is 0 Å². The number of nitrogens with two attached hydrogens (primary N) is 1. The smallest absolute Gasteiger partial charge is 0.382 e. The number of nitrogens with zero attached hydrogens (tertiary/aromatic N) is 3. The van der Waals surface area contributed by atoms with E-state index in [2.05, 4.69) is 5.10 Å². The summed E-state index contributed by atoms with van der Waals surface area (Å²) in [7, 11) is 0. The SMILES string of the molecule is CCCN(CCCn1ccc(N)n1)CC(F)(F)F. The molecule has 0 amide bonds. The van der Waals surface area contributed by atoms with E-state index in [1.807, 2.05) is 6.92 Å². The lowest BCUT2D eigenvalue weighted by Crippen LogP contribution is -2.35. The molecule has 2 N–H and O–H groups in total. The largest absolute Gasteiger partial charge is 0.401 e. The van der Waals surface area contributed by atoms with Crippen molar-refractivity contribution in [3.05, 3.63) is 12.3 Å². The van der Waals surface area contributed by atoms with E-state index in [1.165, 1.54) is 4.90 Å². The van der Waals surface area contributed by atoms with E-state index in [4.69, 9.17) is 5.73 Å². The molecule has 0 aliphatic rings. The third-order valence-electron chi connectivity index (χ3n) is 2.47. The van der Waals surface area contributed by atoms with E-state index in [9.17, 15) is 13.2 Å². The number of aryl methyl sites for hydroxylation is 1. The number of halogens is 3. The molecule has 1 heterocycles. The Morgan fingerprint density at radius 2 is 2.11 bits per heavy atom. The van der Waals surface area contributed by atoms with Gasteiger partial charge < -0.3 is 5.73 Å². The number of rotatable bonds is 7. The van der Waals surface area contributed by atoms with Crippen molar-refractivity contribution >= 4 is 5.82 Å². The highest BCUT2D eigenvalue weighted by atomic mass is 19.4. The third kappa shape index (κ3) is 5.90. The lowest BCUT2D eigenvalue weighted by atomic mass is 10.3. The van der Waals surface area contributed by atoms with Crippen LogP contribution in [-0.2, 0) is 6.54 Å². The fourth-order valence-electron chi connectivity index (χ4n) is 1.80. The zero-order chi connectivity index (χ0) is 13.6. The average molecular weight is 264 g/mol. The molecule has 0 bridgehead atoms. The molecule has 0 unspecified atom stereocenters. The molecule has 0 aliphatic carbocycles. The Labute approximate surface area is 105 Å². The molecule has 0 fully saturated rings. The van der Waals surface area contributed by atoms with E-state index in [0.717, 1.165) is 0 Å². The summed E-state index contributed by atoms with van der Waals surface area (Å²) in [6, 6.07) is 1.67. The molecule has 104 valence electrons. The molecule has 18 heavy (non-hydrogen) atoms. The minimum atomic E-state index is -4.13. The molecule has 0 aromatic carbocycles. The van der Waals surface area contributed by atoms with Crippen LogP contribution >= 0.6 is 0 Å². The Balaban J connectivity index is 2.33. The van der Waals surface area contributed by atoms with Gasteiger partial charge in [-0.2, -0.15) is 18.3 Å². The number of nitrogen functional groups attached to an aromatic ring is 1. The van der Waals surface area contributed by atoms with E-state index in [0.29, 0.717) is 38.3 Å². The van der Waals surface area contributed by atoms with Crippen molar-refractivity contribution in [2.24, 2.45) is 0 Å². The first-order valence-electron chi connectivity index (χ1n) is 5.99. The monoisotopic (exact) mass is 264 g/mol. The molecule has 1 aromatic heterocycles. The Morgan fingerprint density at radius 3 is 2.61 bits per heavy atom. The first-order valence-corrected chi connectivity index (χ1v) is 5.99. The van der Waals surface area contributed by atoms with Gasteiger partial charge >= 0.3 is 6.18 Å². The van der Waals surface area contributed by atoms with Gasteiger partial charge in [-0.15, -0.1) is 0 Å². The molecule has 7 heteroatoms. The maximum Gasteiger partial charge on any atom is 0.401 e. The third-order valence-corrected chi connectivity index (χ3v) is 2.47. The van der Waals surface area contributed by atoms with Gasteiger partial charge in [0.25, 0.3) is 0 Å². The number of aromatic nitrogens is 2. The fourth-order valence-corrected chi connectivity index (χ4v) is 1.80. The molecular formula is C11H19F3N4. The summed E-state index contributed by atoms with van der Waals surface area (Å²) >= 11 is 0. The van der Waals surface area contributed by atoms with Gasteiger partial charge in [0.2, 0.25) is 0 Å². The zero-order valence-corrected chi connectivity index (χ0v) is 10.5. The van der Waals surface area contributed by atoms with Gasteiger partial charge in [0.15, 0.2) is 0 Å². The van der Waals surface area contributed by atoms with Crippen LogP contribution in [0.25, 0.3) is 0 Å². The Morgan fingerprint density at radius 1 is 1.39 bits per heavy atom. The summed E-state index contributed by atoms with van der Waals surface area (Å²) in [5, 5.41) is 3.98. The number of hydrogen-bond acceptors (Lipinski definition) is 3. The Bertz CT molecular complexity index is 348. The van der Waals surface area contributed by atoms with Crippen LogP contribution in [0.3, 0.4) is 0 Å². The maximum atomic E-state index is 12.3. The van der Waals surface area contributed by atoms with Crippen LogP contribution in [-0.4, -0.2) is 40.5 Å². The summed E-state index contributed by atoms with van der Waals surface area (Å²) in [5.74, 6) is 0.427. The summed E-state index contributed by atoms with van der Waals surface area (Å²) in [6.07, 6.45) is -1.07. The van der Waals surface area contributed by atoms with E-state index < -0.39 is 12.7 Å². The van der Waals surface area contributed by atoms with Gasteiger partial charge in [-0.05, 0) is 25.5 Å². The van der Waals surface area contributed by atoms with Crippen molar-refractivity contribution < 1.29 is 13.2 Å². The van der Waals surface area contributed by atoms with Crippen LogP contribution in [0.4, 0.5) is 19.0 Å². The molecule has 0 radical (unpaired) electrons. The second kappa shape index (κ2) is 6.63. The number of anilines is 1. The van der Waals surface area contributed by atoms with Gasteiger partial charge in [-0.1, -0.05) is 6.92 Å². The average Bonchev–Trinajstić information content (AvgIpc) is 2.62. The highest BCUT2D eigenvalue weighted by Gasteiger charge is 2.29. The topological polar surface area (TPSA) is 47.1 Å². The summed E-state index contributed by atoms with van der Waals surface area (Å²) < 4.78 is 38.6. The van der Waals surface area contributed by atoms with Crippen LogP contribution in [0.2, 0.25) is 0 Å². The molecule has 0 saturated heterocycles. The summed E-state index contributed by atoms with van der Waals surface area (Å²) in [5.41, 5.74) is 5.45. The number of hydrogen-bond donors (Lipinski definition) is 1. The van der Waals surface area contributed by atoms with Crippen molar-refractivity contribution in [3.63, 3.8) is 0 Å². The van der Waals surface area contributed by atoms with E-state index in [-0.39, 0.29) is 0 Å². The molecular weight excluding hydrogens is 245 g/mol. The second-order valence-electron chi connectivity index (χ2n) is 4.25. The van der Waals surface area contributed by atoms with Crippen LogP contribution in [0.15, 0.2) is 12.3 Å². The summed E-state index contributed by atoms with van der Waals surface area (Å²) in [6.45, 7) is 2.48. The van der Waals surface area contributed by atoms with Crippen LogP contribution in [0, 0.1) is 0 Å². The van der Waals surface area contributed by atoms with Gasteiger partial charge in [0.05, 0.1) is 6.54 Å². The highest BCUT2D eigenvalue weighted by Crippen LogP contribution is 2.16. The maximum absolute atomic E-state index is 12.3. The summed E-state index contributed by atoms with van der Waals surface area (Å²) in [4.78, 5) is 1.42. The first-order chi connectivity index (χ1) is 8.40. The molecule has 0 atom stereocenters. The van der Waals surface area contributed by atoms with Crippen LogP contribution in [0.1, 0.15) is 19.8 Å². The Hall–Kier alpha value is -1.24. The molecule has 1 rings (SSSR count). The lowest BCUT2D eigenvalue weighted by Gasteiger charge is -2.22. The lowest BCUT2D eigenvalue weighted by molar-refractivity contribution is -0.146. The van der Waals surface area contributed by atoms with E-state index >= 15 is 0 Å². The molecule has 0 aliphatic heterocycles. The van der Waals surface area contributed by atoms with Gasteiger partial charge in [0.1, 0.15) is 5.82 Å². The minimum Gasteiger partial charge on any atom is -0.382 e. The second-order valence-corrected chi connectivity index (χ2v) is 4.25. The van der Waals surface area contributed by atoms with Crippen molar-refractivity contribution in [3.8, 4) is 0 Å². The fraction of sp³-hybridized carbons (Fsp3) is 0.727. The predicted molar refractivity (Wildman–Crippen MR) is 64.0 cm³/mol. The van der Waals surface area contributed by atoms with Crippen molar-refractivity contribution in [1.29, 1.82) is 0 Å². The normalized spacial score (nSPS) is 12.3. The Kier molecular flexibility index (Phi) is 5.46. The molecule has 0 saturated carbocycles. The minimum absolute atomic E-state index is 0.410. The standard InChI is InChI=1S/C11H19F3N4/c1-2-5-17(9-11(12,13)14)6-3-7-18-8-4-10(15)16-18/h4,8H,2-3,5-7,9H2,1H3,(H2,15,16). The van der Waals surface area contributed by atoms with Crippen LogP contribution < -0.4 is 5.73 Å². The zero-order valence-electron chi connectivity index (χ0n) is 10.5. The first kappa shape index (κ1) is 14.8. The molecule has 4 nitrogen and oxygen atoms in total. The van der Waals surface area contributed by atoms with Crippen molar-refractivity contribution in [2.45, 2.75) is 32.5 Å². The quantitative estimate of drug-likeness (QED) is 0.820.